The SMILES string of the molecule is O=[Se]([O-])[O-].[K+].[Na+]. The molecule has 0 aromatic heterocycles. The summed E-state index contributed by atoms with van der Waals surface area (Å²) >= 11 is -3.79. The zero-order chi connectivity index (χ0) is 3.58. The molecule has 0 fully saturated rings. The summed E-state index contributed by atoms with van der Waals surface area (Å²) in [5.74, 6) is 0. The van der Waals surface area contributed by atoms with E-state index in [2.05, 4.69) is 0 Å². The fraction of sp³-hybridized carbons (Fsp3) is 0. The van der Waals surface area contributed by atoms with E-state index in [4.69, 9.17) is 12.2 Å². The summed E-state index contributed by atoms with van der Waals surface area (Å²) in [6, 6.07) is 0. The first kappa shape index (κ1) is 15.9. The van der Waals surface area contributed by atoms with Crippen LogP contribution in [-0.2, 0) is 3.83 Å². The van der Waals surface area contributed by atoms with Crippen LogP contribution >= 0.6 is 0 Å². The maximum absolute atomic E-state index is 8.54. The van der Waals surface area contributed by atoms with Crippen LogP contribution in [0.2, 0.25) is 0 Å². The molecule has 0 aromatic rings. The molecule has 0 aliphatic heterocycles. The van der Waals surface area contributed by atoms with Gasteiger partial charge in [-0.3, -0.25) is 0 Å². The van der Waals surface area contributed by atoms with Gasteiger partial charge in [0.25, 0.3) is 0 Å². The maximum atomic E-state index is 8.54. The van der Waals surface area contributed by atoms with Crippen LogP contribution in [0.3, 0.4) is 0 Å². The molecule has 0 heterocycles. The standard InChI is InChI=1S/K.Na.H2O3Se/c;;1-4(2)3/h;;(H2,1,2,3)/q2*+1;/p-2. The van der Waals surface area contributed by atoms with Crippen molar-refractivity contribution in [2.45, 2.75) is 0 Å². The van der Waals surface area contributed by atoms with Crippen LogP contribution in [0.1, 0.15) is 0 Å². The van der Waals surface area contributed by atoms with Gasteiger partial charge in [0.05, 0.1) is 0 Å². The minimum atomic E-state index is -3.79. The summed E-state index contributed by atoms with van der Waals surface area (Å²) in [4.78, 5) is 0. The van der Waals surface area contributed by atoms with Crippen molar-refractivity contribution in [2.75, 3.05) is 0 Å². The first-order chi connectivity index (χ1) is 1.73. The molecule has 0 amide bonds. The molecular formula is KNaO3Se. The molecule has 0 saturated carbocycles. The molecule has 0 unspecified atom stereocenters. The van der Waals surface area contributed by atoms with E-state index in [0.29, 0.717) is 0 Å². The van der Waals surface area contributed by atoms with Gasteiger partial charge in [0, 0.05) is 0 Å². The quantitative estimate of drug-likeness (QED) is 0.355. The predicted octanol–water partition coefficient (Wildman–Crippen LogP) is -8.87. The van der Waals surface area contributed by atoms with Crippen molar-refractivity contribution in [1.82, 2.24) is 0 Å². The van der Waals surface area contributed by atoms with Gasteiger partial charge in [-0.05, 0) is 0 Å². The van der Waals surface area contributed by atoms with Gasteiger partial charge in [-0.15, -0.1) is 0 Å². The Labute approximate surface area is 105 Å². The van der Waals surface area contributed by atoms with E-state index >= 15 is 0 Å². The molecule has 0 rings (SSSR count). The molecule has 0 radical (unpaired) electrons. The molecule has 0 spiro atoms. The van der Waals surface area contributed by atoms with Gasteiger partial charge in [-0.25, -0.2) is 0 Å². The Kier molecular flexibility index (Phi) is 28.7. The average Bonchev–Trinajstić information content (AvgIpc) is 0.811. The van der Waals surface area contributed by atoms with E-state index in [1.54, 1.807) is 0 Å². The maximum Gasteiger partial charge on any atom is 1.00 e. The van der Waals surface area contributed by atoms with Crippen LogP contribution in [0.4, 0.5) is 0 Å². The van der Waals surface area contributed by atoms with Gasteiger partial charge in [0.1, 0.15) is 0 Å². The zero-order valence-corrected chi connectivity index (χ0v) is 10.5. The summed E-state index contributed by atoms with van der Waals surface area (Å²) in [6.45, 7) is 0. The van der Waals surface area contributed by atoms with Gasteiger partial charge in [0.15, 0.2) is 0 Å². The Balaban J connectivity index is -0.0000000450. The molecule has 6 heteroatoms. The average molecular weight is 189 g/mol. The van der Waals surface area contributed by atoms with Crippen molar-refractivity contribution in [1.29, 1.82) is 0 Å². The van der Waals surface area contributed by atoms with Crippen molar-refractivity contribution in [3.8, 4) is 0 Å². The van der Waals surface area contributed by atoms with Crippen molar-refractivity contribution < 1.29 is 93.2 Å². The van der Waals surface area contributed by atoms with Crippen molar-refractivity contribution in [2.24, 2.45) is 0 Å². The van der Waals surface area contributed by atoms with Gasteiger partial charge in [-0.1, -0.05) is 0 Å². The normalized spacial score (nSPS) is 5.83. The second-order valence-corrected chi connectivity index (χ2v) is 1.06. The van der Waals surface area contributed by atoms with Crippen LogP contribution in [-0.4, -0.2) is 14.5 Å². The third-order valence-corrected chi connectivity index (χ3v) is 0. The van der Waals surface area contributed by atoms with E-state index < -0.39 is 14.5 Å². The number of rotatable bonds is 0. The molecular weight excluding hydrogens is 189 g/mol. The van der Waals surface area contributed by atoms with Gasteiger partial charge in [-0.2, -0.15) is 0 Å². The monoisotopic (exact) mass is 190 g/mol. The zero-order valence-electron chi connectivity index (χ0n) is 3.63. The third kappa shape index (κ3) is 28.7. The minimum absolute atomic E-state index is 0. The van der Waals surface area contributed by atoms with Crippen LogP contribution in [0.5, 0.6) is 0 Å². The van der Waals surface area contributed by atoms with E-state index in [1.807, 2.05) is 0 Å². The Morgan fingerprint density at radius 3 is 1.33 bits per heavy atom. The Morgan fingerprint density at radius 1 is 1.33 bits per heavy atom. The summed E-state index contributed by atoms with van der Waals surface area (Å²) < 4.78 is 25.6. The summed E-state index contributed by atoms with van der Waals surface area (Å²) in [5, 5.41) is 0. The molecule has 0 saturated heterocycles. The Bertz CT molecular complexity index is 33.8. The van der Waals surface area contributed by atoms with Gasteiger partial charge < -0.3 is 0 Å². The molecule has 0 aliphatic carbocycles. The molecule has 0 aliphatic rings. The minimum Gasteiger partial charge on any atom is 1.00 e. The fourth-order valence-electron chi connectivity index (χ4n) is 0. The van der Waals surface area contributed by atoms with Crippen molar-refractivity contribution in [3.63, 3.8) is 0 Å². The van der Waals surface area contributed by atoms with Crippen LogP contribution in [0, 0.1) is 0 Å². The van der Waals surface area contributed by atoms with Crippen LogP contribution in [0.15, 0.2) is 0 Å². The van der Waals surface area contributed by atoms with Gasteiger partial charge in [0.2, 0.25) is 0 Å². The summed E-state index contributed by atoms with van der Waals surface area (Å²) in [7, 11) is 0. The van der Waals surface area contributed by atoms with E-state index in [9.17, 15) is 0 Å². The summed E-state index contributed by atoms with van der Waals surface area (Å²) in [5.41, 5.74) is 0. The molecule has 6 heavy (non-hydrogen) atoms. The Hall–Kier alpha value is 2.88. The van der Waals surface area contributed by atoms with Crippen molar-refractivity contribution in [3.05, 3.63) is 0 Å². The van der Waals surface area contributed by atoms with E-state index in [0.717, 1.165) is 0 Å². The molecule has 0 bridgehead atoms. The largest absolute Gasteiger partial charge is 1.00 e. The first-order valence-corrected chi connectivity index (χ1v) is 2.60. The third-order valence-electron chi connectivity index (χ3n) is 0. The molecule has 26 valence electrons. The fourth-order valence-corrected chi connectivity index (χ4v) is 0. The second kappa shape index (κ2) is 10.8. The molecule has 0 atom stereocenters. The predicted molar refractivity (Wildman–Crippen MR) is 6.44 cm³/mol. The van der Waals surface area contributed by atoms with E-state index in [-0.39, 0.29) is 80.9 Å². The van der Waals surface area contributed by atoms with Crippen LogP contribution < -0.4 is 89.3 Å². The van der Waals surface area contributed by atoms with E-state index in [1.165, 1.54) is 0 Å². The second-order valence-electron chi connectivity index (χ2n) is 0.204. The number of hydrogen-bond acceptors (Lipinski definition) is 3. The summed E-state index contributed by atoms with van der Waals surface area (Å²) in [6.07, 6.45) is 0. The smallest absolute Gasteiger partial charge is 1.00 e. The van der Waals surface area contributed by atoms with Crippen molar-refractivity contribution >= 4 is 14.5 Å². The topological polar surface area (TPSA) is 63.2 Å². The molecule has 3 nitrogen and oxygen atoms in total. The first-order valence-electron chi connectivity index (χ1n) is 0.500. The molecule has 0 aromatic carbocycles. The van der Waals surface area contributed by atoms with Gasteiger partial charge >= 0.3 is 108 Å². The molecule has 0 N–H and O–H groups in total. The van der Waals surface area contributed by atoms with Crippen LogP contribution in [0.25, 0.3) is 0 Å². The Morgan fingerprint density at radius 2 is 1.33 bits per heavy atom. The number of hydrogen-bond donors (Lipinski definition) is 0.